The summed E-state index contributed by atoms with van der Waals surface area (Å²) in [5.41, 5.74) is -1.51. The molecule has 0 spiro atoms. The summed E-state index contributed by atoms with van der Waals surface area (Å²) >= 11 is 0. The number of phenolic OH excluding ortho intramolecular Hbond substituents is 1. The summed E-state index contributed by atoms with van der Waals surface area (Å²) in [6, 6.07) is 6.27. The Balaban J connectivity index is 1.28. The van der Waals surface area contributed by atoms with Crippen molar-refractivity contribution in [3.05, 3.63) is 29.8 Å². The fraction of sp³-hybridized carbons (Fsp3) is 0.795. The number of aliphatic hydroxyl groups excluding tert-OH is 1. The number of aliphatic hydroxyl groups is 2. The van der Waals surface area contributed by atoms with Gasteiger partial charge in [-0.3, -0.25) is 4.79 Å². The topological polar surface area (TPSA) is 113 Å². The van der Waals surface area contributed by atoms with Gasteiger partial charge in [-0.25, -0.2) is 4.79 Å². The van der Waals surface area contributed by atoms with E-state index in [0.717, 1.165) is 51.4 Å². The third kappa shape index (κ3) is 4.95. The molecule has 1 aromatic carbocycles. The van der Waals surface area contributed by atoms with Crippen molar-refractivity contribution in [2.45, 2.75) is 144 Å². The van der Waals surface area contributed by atoms with Crippen LogP contribution in [0.5, 0.6) is 5.75 Å². The van der Waals surface area contributed by atoms with Gasteiger partial charge in [0.1, 0.15) is 18.0 Å². The molecule has 0 radical (unpaired) electrons. The van der Waals surface area contributed by atoms with Gasteiger partial charge in [-0.15, -0.1) is 0 Å². The summed E-state index contributed by atoms with van der Waals surface area (Å²) < 4.78 is 12.1. The van der Waals surface area contributed by atoms with Gasteiger partial charge in [0, 0.05) is 17.8 Å². The van der Waals surface area contributed by atoms with E-state index in [2.05, 4.69) is 48.5 Å². The van der Waals surface area contributed by atoms with E-state index in [9.17, 15) is 24.9 Å². The van der Waals surface area contributed by atoms with Crippen molar-refractivity contribution in [1.82, 2.24) is 0 Å². The normalized spacial score (nSPS) is 45.9. The van der Waals surface area contributed by atoms with Crippen LogP contribution in [0.25, 0.3) is 0 Å². The molecule has 7 heteroatoms. The summed E-state index contributed by atoms with van der Waals surface area (Å²) in [6.07, 6.45) is 7.17. The number of carbonyl (C=O) groups excluding carboxylic acids is 2. The molecule has 46 heavy (non-hydrogen) atoms. The van der Waals surface area contributed by atoms with Crippen molar-refractivity contribution in [2.24, 2.45) is 50.7 Å². The van der Waals surface area contributed by atoms with Gasteiger partial charge in [0.25, 0.3) is 0 Å². The second-order valence-corrected chi connectivity index (χ2v) is 18.2. The number of rotatable bonds is 3. The Morgan fingerprint density at radius 1 is 0.717 bits per heavy atom. The lowest BCUT2D eigenvalue weighted by atomic mass is 9.41. The Morgan fingerprint density at radius 2 is 1.26 bits per heavy atom. The lowest BCUT2D eigenvalue weighted by Crippen LogP contribution is -2.67. The summed E-state index contributed by atoms with van der Waals surface area (Å²) in [5.74, 6) is 0.354. The standard InChI is InChI=1S/C39H58O7/c1-23(40)45-31-16-20-38(8)28-14-13-27-36(6,22-39(28,44)30(42)21-29(38)35(31,4)5)18-15-26-34(2,3)32(17-19-37(26,27)7)46-33(43)24-9-11-25(41)12-10-24/h9-12,26-32,41-42,44H,13-22H2,1-8H3/t26-,27-,28+,29-,30-,31-,32-,36-,37-,38+,39+/m0/s1. The van der Waals surface area contributed by atoms with Crippen LogP contribution in [0, 0.1) is 50.7 Å². The molecule has 5 aliphatic carbocycles. The highest BCUT2D eigenvalue weighted by molar-refractivity contribution is 5.89. The SMILES string of the molecule is CC(=O)O[C@H]1CC[C@]2(C)[C@H]3CC[C@H]4[C@@](C)(CC[C@H]5C(C)(C)[C@@H](OC(=O)c6ccc(O)cc6)CC[C@@]54C)C[C@]3(O)[C@@H](O)C[C@H]2C1(C)C. The molecule has 3 N–H and O–H groups in total. The Labute approximate surface area is 275 Å². The molecular formula is C39H58O7. The number of carbonyl (C=O) groups is 2. The van der Waals surface area contributed by atoms with E-state index in [1.54, 1.807) is 12.1 Å². The zero-order chi connectivity index (χ0) is 33.7. The molecule has 0 unspecified atom stereocenters. The molecule has 0 bridgehead atoms. The van der Waals surface area contributed by atoms with E-state index in [-0.39, 0.29) is 68.8 Å². The van der Waals surface area contributed by atoms with Gasteiger partial charge >= 0.3 is 11.9 Å². The molecule has 0 heterocycles. The van der Waals surface area contributed by atoms with Gasteiger partial charge in [0.2, 0.25) is 0 Å². The summed E-state index contributed by atoms with van der Waals surface area (Å²) in [4.78, 5) is 25.2. The zero-order valence-electron chi connectivity index (χ0n) is 29.4. The van der Waals surface area contributed by atoms with Crippen LogP contribution in [0.2, 0.25) is 0 Å². The lowest BCUT2D eigenvalue weighted by Gasteiger charge is -2.65. The van der Waals surface area contributed by atoms with Crippen LogP contribution >= 0.6 is 0 Å². The second kappa shape index (κ2) is 10.9. The molecule has 0 aromatic heterocycles. The van der Waals surface area contributed by atoms with Gasteiger partial charge in [0.05, 0.1) is 17.3 Å². The molecule has 0 amide bonds. The highest BCUT2D eigenvalue weighted by Gasteiger charge is 2.69. The van der Waals surface area contributed by atoms with Crippen molar-refractivity contribution >= 4 is 11.9 Å². The van der Waals surface area contributed by atoms with E-state index in [0.29, 0.717) is 30.2 Å². The first kappa shape index (κ1) is 33.8. The summed E-state index contributed by atoms with van der Waals surface area (Å²) in [6.45, 7) is 17.6. The number of benzene rings is 1. The Hall–Kier alpha value is -2.12. The van der Waals surface area contributed by atoms with Crippen LogP contribution < -0.4 is 0 Å². The molecule has 6 rings (SSSR count). The first-order valence-corrected chi connectivity index (χ1v) is 17.9. The highest BCUT2D eigenvalue weighted by Crippen LogP contribution is 2.72. The van der Waals surface area contributed by atoms with E-state index in [4.69, 9.17) is 9.47 Å². The van der Waals surface area contributed by atoms with Gasteiger partial charge in [-0.2, -0.15) is 0 Å². The predicted molar refractivity (Wildman–Crippen MR) is 176 cm³/mol. The van der Waals surface area contributed by atoms with Crippen molar-refractivity contribution in [3.8, 4) is 5.75 Å². The maximum atomic E-state index is 13.2. The maximum absolute atomic E-state index is 13.2. The smallest absolute Gasteiger partial charge is 0.338 e. The number of ether oxygens (including phenoxy) is 2. The van der Waals surface area contributed by atoms with E-state index in [1.807, 2.05) is 0 Å². The molecule has 5 fully saturated rings. The number of fused-ring (bicyclic) bond motifs is 6. The first-order chi connectivity index (χ1) is 21.3. The van der Waals surface area contributed by atoms with Gasteiger partial charge < -0.3 is 24.8 Å². The predicted octanol–water partition coefficient (Wildman–Crippen LogP) is 7.45. The minimum atomic E-state index is -1.16. The van der Waals surface area contributed by atoms with Crippen molar-refractivity contribution in [1.29, 1.82) is 0 Å². The second-order valence-electron chi connectivity index (χ2n) is 18.2. The van der Waals surface area contributed by atoms with E-state index < -0.39 is 11.7 Å². The first-order valence-electron chi connectivity index (χ1n) is 17.9. The quantitative estimate of drug-likeness (QED) is 0.295. The molecule has 7 nitrogen and oxygen atoms in total. The zero-order valence-corrected chi connectivity index (χ0v) is 29.4. The van der Waals surface area contributed by atoms with Crippen molar-refractivity contribution in [3.63, 3.8) is 0 Å². The highest BCUT2D eigenvalue weighted by atomic mass is 16.5. The third-order valence-electron chi connectivity index (χ3n) is 15.1. The molecule has 0 aliphatic heterocycles. The van der Waals surface area contributed by atoms with E-state index >= 15 is 0 Å². The number of hydrogen-bond donors (Lipinski definition) is 3. The molecular weight excluding hydrogens is 580 g/mol. The van der Waals surface area contributed by atoms with Gasteiger partial charge in [-0.05, 0) is 128 Å². The number of esters is 2. The number of aromatic hydroxyl groups is 1. The number of hydrogen-bond acceptors (Lipinski definition) is 7. The van der Waals surface area contributed by atoms with Crippen molar-refractivity contribution < 1.29 is 34.4 Å². The Bertz CT molecular complexity index is 1350. The average molecular weight is 639 g/mol. The molecule has 1 aromatic rings. The summed E-state index contributed by atoms with van der Waals surface area (Å²) in [7, 11) is 0. The van der Waals surface area contributed by atoms with E-state index in [1.165, 1.54) is 19.1 Å². The summed E-state index contributed by atoms with van der Waals surface area (Å²) in [5, 5.41) is 34.4. The van der Waals surface area contributed by atoms with Gasteiger partial charge in [0.15, 0.2) is 0 Å². The average Bonchev–Trinajstić information content (AvgIpc) is 3.09. The molecule has 11 atom stereocenters. The maximum Gasteiger partial charge on any atom is 0.338 e. The number of phenols is 1. The van der Waals surface area contributed by atoms with Crippen LogP contribution in [-0.2, 0) is 14.3 Å². The lowest BCUT2D eigenvalue weighted by molar-refractivity contribution is -0.254. The fourth-order valence-corrected chi connectivity index (χ4v) is 13.0. The fourth-order valence-electron chi connectivity index (χ4n) is 13.0. The van der Waals surface area contributed by atoms with Crippen LogP contribution in [0.15, 0.2) is 24.3 Å². The van der Waals surface area contributed by atoms with Gasteiger partial charge in [-0.1, -0.05) is 48.5 Å². The monoisotopic (exact) mass is 638 g/mol. The van der Waals surface area contributed by atoms with Crippen LogP contribution in [0.3, 0.4) is 0 Å². The van der Waals surface area contributed by atoms with Crippen LogP contribution in [0.1, 0.15) is 130 Å². The third-order valence-corrected chi connectivity index (χ3v) is 15.1. The minimum Gasteiger partial charge on any atom is -0.508 e. The Kier molecular flexibility index (Phi) is 8.04. The largest absolute Gasteiger partial charge is 0.508 e. The van der Waals surface area contributed by atoms with Crippen LogP contribution in [-0.4, -0.2) is 51.2 Å². The minimum absolute atomic E-state index is 0.0132. The molecule has 0 saturated heterocycles. The molecule has 5 aliphatic rings. The van der Waals surface area contributed by atoms with Crippen LogP contribution in [0.4, 0.5) is 0 Å². The van der Waals surface area contributed by atoms with Crippen molar-refractivity contribution in [2.75, 3.05) is 0 Å². The molecule has 5 saturated carbocycles. The Morgan fingerprint density at radius 3 is 1.87 bits per heavy atom. The molecule has 256 valence electrons.